The van der Waals surface area contributed by atoms with Gasteiger partial charge in [-0.25, -0.2) is 9.97 Å². The van der Waals surface area contributed by atoms with E-state index in [1.165, 1.54) is 18.9 Å². The fraction of sp³-hybridized carbons (Fsp3) is 0.316. The smallest absolute Gasteiger partial charge is 0.244 e. The standard InChI is InChI=1S/C19H22ClN5O/c20-16-6-3-15(4-7-16)5-8-19(26)22-10-9-21-17-13-18(24-14-23-17)25-11-1-2-12-25/h3-8,13-14H,1-2,9-12H2,(H,22,26)(H,21,23,24)/b8-5+. The highest BCUT2D eigenvalue weighted by molar-refractivity contribution is 6.30. The molecule has 1 saturated heterocycles. The van der Waals surface area contributed by atoms with Gasteiger partial charge >= 0.3 is 0 Å². The van der Waals surface area contributed by atoms with E-state index < -0.39 is 0 Å². The van der Waals surface area contributed by atoms with Crippen LogP contribution in [0.15, 0.2) is 42.7 Å². The van der Waals surface area contributed by atoms with Gasteiger partial charge in [0.1, 0.15) is 18.0 Å². The molecule has 7 heteroatoms. The molecule has 6 nitrogen and oxygen atoms in total. The lowest BCUT2D eigenvalue weighted by Gasteiger charge is -2.16. The average molecular weight is 372 g/mol. The molecule has 2 heterocycles. The second-order valence-corrected chi connectivity index (χ2v) is 6.49. The first-order chi connectivity index (χ1) is 12.7. The maximum Gasteiger partial charge on any atom is 0.244 e. The molecule has 3 rings (SSSR count). The van der Waals surface area contributed by atoms with Gasteiger partial charge in [-0.15, -0.1) is 0 Å². The zero-order valence-corrected chi connectivity index (χ0v) is 15.2. The Morgan fingerprint density at radius 2 is 1.92 bits per heavy atom. The number of benzene rings is 1. The molecule has 1 aromatic heterocycles. The van der Waals surface area contributed by atoms with Gasteiger partial charge in [0.05, 0.1) is 0 Å². The minimum Gasteiger partial charge on any atom is -0.368 e. The number of halogens is 1. The van der Waals surface area contributed by atoms with E-state index in [0.717, 1.165) is 30.3 Å². The number of nitrogens with one attached hydrogen (secondary N) is 2. The third kappa shape index (κ3) is 5.46. The molecule has 26 heavy (non-hydrogen) atoms. The SMILES string of the molecule is O=C(/C=C/c1ccc(Cl)cc1)NCCNc1cc(N2CCCC2)ncn1. The third-order valence-electron chi connectivity index (χ3n) is 4.11. The largest absolute Gasteiger partial charge is 0.368 e. The quantitative estimate of drug-likeness (QED) is 0.578. The van der Waals surface area contributed by atoms with Crippen LogP contribution in [0.2, 0.25) is 5.02 Å². The molecule has 2 aromatic rings. The molecule has 1 aromatic carbocycles. The summed E-state index contributed by atoms with van der Waals surface area (Å²) in [6, 6.07) is 9.26. The molecule has 0 atom stereocenters. The van der Waals surface area contributed by atoms with Crippen LogP contribution in [0.25, 0.3) is 6.08 Å². The van der Waals surface area contributed by atoms with Gasteiger partial charge < -0.3 is 15.5 Å². The van der Waals surface area contributed by atoms with E-state index in [0.29, 0.717) is 18.1 Å². The Morgan fingerprint density at radius 1 is 1.15 bits per heavy atom. The zero-order valence-electron chi connectivity index (χ0n) is 14.5. The molecule has 1 aliphatic heterocycles. The molecular weight excluding hydrogens is 350 g/mol. The van der Waals surface area contributed by atoms with Crippen LogP contribution in [-0.2, 0) is 4.79 Å². The Bertz CT molecular complexity index is 757. The van der Waals surface area contributed by atoms with Crippen molar-refractivity contribution >= 4 is 35.2 Å². The predicted molar refractivity (Wildman–Crippen MR) is 105 cm³/mol. The van der Waals surface area contributed by atoms with Crippen LogP contribution in [0.3, 0.4) is 0 Å². The van der Waals surface area contributed by atoms with Gasteiger partial charge in [0.15, 0.2) is 0 Å². The number of nitrogens with zero attached hydrogens (tertiary/aromatic N) is 3. The van der Waals surface area contributed by atoms with E-state index in [4.69, 9.17) is 11.6 Å². The monoisotopic (exact) mass is 371 g/mol. The van der Waals surface area contributed by atoms with Crippen molar-refractivity contribution < 1.29 is 4.79 Å². The summed E-state index contributed by atoms with van der Waals surface area (Å²) in [5.41, 5.74) is 0.929. The summed E-state index contributed by atoms with van der Waals surface area (Å²) in [7, 11) is 0. The summed E-state index contributed by atoms with van der Waals surface area (Å²) < 4.78 is 0. The van der Waals surface area contributed by atoms with Crippen LogP contribution in [0, 0.1) is 0 Å². The van der Waals surface area contributed by atoms with Gasteiger partial charge in [0.25, 0.3) is 0 Å². The van der Waals surface area contributed by atoms with Crippen LogP contribution in [0.4, 0.5) is 11.6 Å². The summed E-state index contributed by atoms with van der Waals surface area (Å²) in [6.07, 6.45) is 7.26. The van der Waals surface area contributed by atoms with Crippen LogP contribution < -0.4 is 15.5 Å². The number of carbonyl (C=O) groups excluding carboxylic acids is 1. The summed E-state index contributed by atoms with van der Waals surface area (Å²) in [5.74, 6) is 1.59. The topological polar surface area (TPSA) is 70.2 Å². The molecule has 0 radical (unpaired) electrons. The average Bonchev–Trinajstić information content (AvgIpc) is 3.20. The molecule has 0 saturated carbocycles. The molecule has 2 N–H and O–H groups in total. The number of hydrogen-bond donors (Lipinski definition) is 2. The van der Waals surface area contributed by atoms with Crippen LogP contribution in [0.5, 0.6) is 0 Å². The molecule has 0 spiro atoms. The van der Waals surface area contributed by atoms with E-state index in [1.807, 2.05) is 18.2 Å². The number of rotatable bonds is 7. The lowest BCUT2D eigenvalue weighted by Crippen LogP contribution is -2.27. The maximum atomic E-state index is 11.8. The Balaban J connectivity index is 1.40. The first-order valence-corrected chi connectivity index (χ1v) is 9.11. The van der Waals surface area contributed by atoms with Gasteiger partial charge in [-0.1, -0.05) is 23.7 Å². The third-order valence-corrected chi connectivity index (χ3v) is 4.36. The minimum absolute atomic E-state index is 0.137. The highest BCUT2D eigenvalue weighted by atomic mass is 35.5. The summed E-state index contributed by atoms with van der Waals surface area (Å²) in [4.78, 5) is 22.6. The van der Waals surface area contributed by atoms with Crippen molar-refractivity contribution in [3.05, 3.63) is 53.3 Å². The van der Waals surface area contributed by atoms with Gasteiger partial charge in [-0.2, -0.15) is 0 Å². The minimum atomic E-state index is -0.137. The van der Waals surface area contributed by atoms with E-state index in [1.54, 1.807) is 24.5 Å². The van der Waals surface area contributed by atoms with Crippen molar-refractivity contribution in [3.8, 4) is 0 Å². The first-order valence-electron chi connectivity index (χ1n) is 8.73. The van der Waals surface area contributed by atoms with Gasteiger partial charge in [0, 0.05) is 43.3 Å². The van der Waals surface area contributed by atoms with Gasteiger partial charge in [-0.05, 0) is 36.6 Å². The Morgan fingerprint density at radius 3 is 2.69 bits per heavy atom. The lowest BCUT2D eigenvalue weighted by atomic mass is 10.2. The van der Waals surface area contributed by atoms with Crippen molar-refractivity contribution in [2.75, 3.05) is 36.4 Å². The summed E-state index contributed by atoms with van der Waals surface area (Å²) in [6.45, 7) is 3.20. The predicted octanol–water partition coefficient (Wildman–Crippen LogP) is 2.97. The zero-order chi connectivity index (χ0) is 18.2. The Labute approximate surface area is 158 Å². The van der Waals surface area contributed by atoms with Crippen molar-refractivity contribution in [1.82, 2.24) is 15.3 Å². The second kappa shape index (κ2) is 9.20. The Kier molecular flexibility index (Phi) is 6.44. The highest BCUT2D eigenvalue weighted by Gasteiger charge is 2.13. The number of hydrogen-bond acceptors (Lipinski definition) is 5. The molecule has 0 bridgehead atoms. The lowest BCUT2D eigenvalue weighted by molar-refractivity contribution is -0.116. The number of anilines is 2. The fourth-order valence-electron chi connectivity index (χ4n) is 2.74. The molecule has 1 fully saturated rings. The van der Waals surface area contributed by atoms with Crippen molar-refractivity contribution in [1.29, 1.82) is 0 Å². The van der Waals surface area contributed by atoms with Crippen LogP contribution in [0.1, 0.15) is 18.4 Å². The van der Waals surface area contributed by atoms with E-state index in [2.05, 4.69) is 25.5 Å². The van der Waals surface area contributed by atoms with Gasteiger partial charge in [0.2, 0.25) is 5.91 Å². The number of amides is 1. The molecule has 136 valence electrons. The molecule has 1 amide bonds. The van der Waals surface area contributed by atoms with E-state index >= 15 is 0 Å². The highest BCUT2D eigenvalue weighted by Crippen LogP contribution is 2.19. The second-order valence-electron chi connectivity index (χ2n) is 6.06. The number of carbonyl (C=O) groups is 1. The summed E-state index contributed by atoms with van der Waals surface area (Å²) >= 11 is 5.83. The Hall–Kier alpha value is -2.60. The normalized spacial score (nSPS) is 14.0. The van der Waals surface area contributed by atoms with Crippen molar-refractivity contribution in [2.45, 2.75) is 12.8 Å². The molecule has 1 aliphatic rings. The van der Waals surface area contributed by atoms with Gasteiger partial charge in [-0.3, -0.25) is 4.79 Å². The molecular formula is C19H22ClN5O. The van der Waals surface area contributed by atoms with Crippen molar-refractivity contribution in [3.63, 3.8) is 0 Å². The van der Waals surface area contributed by atoms with Crippen LogP contribution in [-0.4, -0.2) is 42.1 Å². The fourth-order valence-corrected chi connectivity index (χ4v) is 2.87. The number of aromatic nitrogens is 2. The van der Waals surface area contributed by atoms with E-state index in [9.17, 15) is 4.79 Å². The maximum absolute atomic E-state index is 11.8. The van der Waals surface area contributed by atoms with Crippen molar-refractivity contribution in [2.24, 2.45) is 0 Å². The molecule has 0 aliphatic carbocycles. The first kappa shape index (κ1) is 18.2. The molecule has 0 unspecified atom stereocenters. The van der Waals surface area contributed by atoms with E-state index in [-0.39, 0.29) is 5.91 Å². The summed E-state index contributed by atoms with van der Waals surface area (Å²) in [5, 5.41) is 6.72. The van der Waals surface area contributed by atoms with Crippen LogP contribution >= 0.6 is 11.6 Å².